The number of nitrogens with zero attached hydrogens (tertiary/aromatic N) is 1. The van der Waals surface area contributed by atoms with E-state index in [9.17, 15) is 9.90 Å². The predicted octanol–water partition coefficient (Wildman–Crippen LogP) is 13.6. The standard InChI is InChI=1S/C30H24NOS.C15H28O2.Ir/c1-18-13-21-15-20(9-10-28(21)33-18)27-17-24-26(32-27)11-12-31-29(24)22-14-19-7-5-6-8-23(19)25(16-22)30(2,3)4;1-7-14(5,8-2)12(16)11-13(17)15(6,9-3)10-4;/h5-13,15-17H,1-4H3;11,16H,7-10H2,1-6H3;/q-1;;/b;12-11-;. The molecule has 0 saturated carbocycles. The topological polar surface area (TPSA) is 63.3 Å². The van der Waals surface area contributed by atoms with Crippen molar-refractivity contribution in [1.82, 2.24) is 4.98 Å². The van der Waals surface area contributed by atoms with E-state index in [1.807, 2.05) is 65.1 Å². The number of pyridine rings is 1. The van der Waals surface area contributed by atoms with Gasteiger partial charge in [-0.2, -0.15) is 0 Å². The summed E-state index contributed by atoms with van der Waals surface area (Å²) in [5.41, 5.74) is 4.54. The van der Waals surface area contributed by atoms with Crippen molar-refractivity contribution in [2.24, 2.45) is 10.8 Å². The summed E-state index contributed by atoms with van der Waals surface area (Å²) in [6.45, 7) is 21.0. The summed E-state index contributed by atoms with van der Waals surface area (Å²) < 4.78 is 7.61. The fourth-order valence-corrected chi connectivity index (χ4v) is 7.22. The summed E-state index contributed by atoms with van der Waals surface area (Å²) in [6, 6.07) is 27.2. The first-order valence-corrected chi connectivity index (χ1v) is 18.8. The van der Waals surface area contributed by atoms with Gasteiger partial charge in [0, 0.05) is 69.4 Å². The molecule has 0 bridgehead atoms. The van der Waals surface area contributed by atoms with Crippen molar-refractivity contribution in [3.05, 3.63) is 101 Å². The number of benzene rings is 3. The Morgan fingerprint density at radius 1 is 0.863 bits per heavy atom. The van der Waals surface area contributed by atoms with E-state index in [4.69, 9.17) is 9.40 Å². The summed E-state index contributed by atoms with van der Waals surface area (Å²) in [5.74, 6) is 1.15. The third-order valence-electron chi connectivity index (χ3n) is 10.8. The Bertz CT molecular complexity index is 2170. The van der Waals surface area contributed by atoms with Crippen LogP contribution in [0.4, 0.5) is 0 Å². The zero-order chi connectivity index (χ0) is 36.4. The number of carbonyl (C=O) groups is 1. The van der Waals surface area contributed by atoms with Crippen molar-refractivity contribution in [1.29, 1.82) is 0 Å². The van der Waals surface area contributed by atoms with E-state index in [1.165, 1.54) is 32.0 Å². The normalized spacial score (nSPS) is 12.5. The fourth-order valence-electron chi connectivity index (χ4n) is 6.31. The zero-order valence-electron chi connectivity index (χ0n) is 31.8. The van der Waals surface area contributed by atoms with Crippen molar-refractivity contribution in [2.75, 3.05) is 0 Å². The molecule has 4 nitrogen and oxygen atoms in total. The Balaban J connectivity index is 0.000000279. The Morgan fingerprint density at radius 3 is 2.18 bits per heavy atom. The molecule has 0 aliphatic carbocycles. The van der Waals surface area contributed by atoms with Crippen LogP contribution in [-0.2, 0) is 30.3 Å². The van der Waals surface area contributed by atoms with Gasteiger partial charge in [-0.25, -0.2) is 0 Å². The molecule has 271 valence electrons. The number of fused-ring (bicyclic) bond motifs is 3. The summed E-state index contributed by atoms with van der Waals surface area (Å²) in [4.78, 5) is 18.3. The molecule has 6 rings (SSSR count). The molecule has 0 amide bonds. The number of aliphatic hydroxyl groups is 1. The molecular formula is C45H52IrNO3S-. The summed E-state index contributed by atoms with van der Waals surface area (Å²) >= 11 is 1.82. The Morgan fingerprint density at radius 2 is 1.53 bits per heavy atom. The van der Waals surface area contributed by atoms with Crippen molar-refractivity contribution < 1.29 is 34.4 Å². The number of carbonyl (C=O) groups excluding carboxylic acids is 1. The number of rotatable bonds is 9. The van der Waals surface area contributed by atoms with E-state index in [0.717, 1.165) is 64.6 Å². The van der Waals surface area contributed by atoms with E-state index in [1.54, 1.807) is 0 Å². The first kappa shape index (κ1) is 40.2. The van der Waals surface area contributed by atoms with E-state index in [0.29, 0.717) is 0 Å². The number of furan rings is 1. The van der Waals surface area contributed by atoms with Crippen LogP contribution in [0.25, 0.3) is 54.4 Å². The number of hydrogen-bond donors (Lipinski definition) is 1. The average molecular weight is 879 g/mol. The van der Waals surface area contributed by atoms with Gasteiger partial charge in [0.15, 0.2) is 5.78 Å². The molecule has 0 aliphatic rings. The maximum absolute atomic E-state index is 12.2. The van der Waals surface area contributed by atoms with Crippen LogP contribution in [-0.4, -0.2) is 15.9 Å². The van der Waals surface area contributed by atoms with Crippen molar-refractivity contribution in [3.8, 4) is 22.6 Å². The van der Waals surface area contributed by atoms with Crippen LogP contribution in [0.1, 0.15) is 98.4 Å². The van der Waals surface area contributed by atoms with Gasteiger partial charge in [-0.05, 0) is 79.8 Å². The summed E-state index contributed by atoms with van der Waals surface area (Å²) in [7, 11) is 0. The second-order valence-corrected chi connectivity index (χ2v) is 16.4. The molecule has 3 aromatic heterocycles. The van der Waals surface area contributed by atoms with Crippen LogP contribution in [0.5, 0.6) is 0 Å². The van der Waals surface area contributed by atoms with Crippen LogP contribution in [0.2, 0.25) is 0 Å². The molecule has 6 aromatic rings. The molecule has 0 unspecified atom stereocenters. The number of aromatic nitrogens is 1. The first-order valence-electron chi connectivity index (χ1n) is 18.0. The van der Waals surface area contributed by atoms with E-state index in [-0.39, 0.29) is 47.9 Å². The summed E-state index contributed by atoms with van der Waals surface area (Å²) in [6.07, 6.45) is 6.58. The number of ketones is 1. The molecule has 3 heterocycles. The van der Waals surface area contributed by atoms with Gasteiger partial charge in [-0.15, -0.1) is 40.5 Å². The molecule has 0 saturated heterocycles. The minimum Gasteiger partial charge on any atom is -0.512 e. The Hall–Kier alpha value is -3.57. The predicted molar refractivity (Wildman–Crippen MR) is 213 cm³/mol. The van der Waals surface area contributed by atoms with E-state index < -0.39 is 0 Å². The van der Waals surface area contributed by atoms with Crippen LogP contribution in [0, 0.1) is 23.8 Å². The number of hydrogen-bond acceptors (Lipinski definition) is 5. The van der Waals surface area contributed by atoms with Crippen molar-refractivity contribution in [2.45, 2.75) is 100 Å². The largest absolute Gasteiger partial charge is 0.512 e. The van der Waals surface area contributed by atoms with E-state index >= 15 is 0 Å². The second kappa shape index (κ2) is 16.0. The third kappa shape index (κ3) is 8.40. The van der Waals surface area contributed by atoms with Crippen LogP contribution in [0.3, 0.4) is 0 Å². The van der Waals surface area contributed by atoms with Crippen molar-refractivity contribution >= 4 is 48.9 Å². The SMILES string of the molecule is CCC(C)(CC)C(=O)/C=C(\O)C(C)(CC)CC.Cc1cc2cc(-c3cc4c(-c5[c-]c6ccccc6c(C(C)(C)C)c5)nccc4o3)ccc2s1.[Ir]. The van der Waals surface area contributed by atoms with Gasteiger partial charge < -0.3 is 9.52 Å². The molecule has 51 heavy (non-hydrogen) atoms. The molecule has 0 fully saturated rings. The van der Waals surface area contributed by atoms with Crippen molar-refractivity contribution in [3.63, 3.8) is 0 Å². The summed E-state index contributed by atoms with van der Waals surface area (Å²) in [5, 5.41) is 14.8. The van der Waals surface area contributed by atoms with Gasteiger partial charge >= 0.3 is 0 Å². The van der Waals surface area contributed by atoms with Gasteiger partial charge in [0.2, 0.25) is 0 Å². The maximum atomic E-state index is 12.2. The number of thiophene rings is 1. The third-order valence-corrected chi connectivity index (χ3v) is 11.8. The molecule has 0 aliphatic heterocycles. The number of aliphatic hydroxyl groups excluding tert-OH is 1. The van der Waals surface area contributed by atoms with Crippen LogP contribution in [0.15, 0.2) is 89.2 Å². The second-order valence-electron chi connectivity index (χ2n) is 15.1. The van der Waals surface area contributed by atoms with Crippen LogP contribution < -0.4 is 0 Å². The Kier molecular flexibility index (Phi) is 12.6. The van der Waals surface area contributed by atoms with Gasteiger partial charge in [-0.1, -0.05) is 91.5 Å². The molecule has 3 aromatic carbocycles. The number of allylic oxidation sites excluding steroid dienone is 2. The van der Waals surface area contributed by atoms with E-state index in [2.05, 4.69) is 94.4 Å². The average Bonchev–Trinajstić information content (AvgIpc) is 3.72. The fraction of sp³-hybridized carbons (Fsp3) is 0.378. The molecule has 6 heteroatoms. The smallest absolute Gasteiger partial charge is 0.164 e. The number of aryl methyl sites for hydroxylation is 1. The van der Waals surface area contributed by atoms with Gasteiger partial charge in [0.25, 0.3) is 0 Å². The quantitative estimate of drug-likeness (QED) is 0.0893. The van der Waals surface area contributed by atoms with Crippen LogP contribution >= 0.6 is 11.3 Å². The maximum Gasteiger partial charge on any atom is 0.164 e. The minimum absolute atomic E-state index is 0. The Labute approximate surface area is 321 Å². The molecule has 1 radical (unpaired) electrons. The first-order chi connectivity index (χ1) is 23.7. The monoisotopic (exact) mass is 879 g/mol. The minimum atomic E-state index is -0.337. The molecule has 0 spiro atoms. The zero-order valence-corrected chi connectivity index (χ0v) is 35.0. The molecule has 0 atom stereocenters. The molecule has 1 N–H and O–H groups in total. The van der Waals surface area contributed by atoms with Gasteiger partial charge in [-0.3, -0.25) is 9.78 Å². The van der Waals surface area contributed by atoms with Gasteiger partial charge in [0.1, 0.15) is 17.1 Å². The molecular weight excluding hydrogens is 827 g/mol. The van der Waals surface area contributed by atoms with Gasteiger partial charge in [0.05, 0.1) is 0 Å².